The van der Waals surface area contributed by atoms with Gasteiger partial charge in [0.15, 0.2) is 0 Å². The van der Waals surface area contributed by atoms with Crippen molar-refractivity contribution in [3.63, 3.8) is 0 Å². The van der Waals surface area contributed by atoms with Crippen molar-refractivity contribution in [1.29, 1.82) is 0 Å². The van der Waals surface area contributed by atoms with Crippen molar-refractivity contribution in [1.82, 2.24) is 9.55 Å². The molecule has 40 heavy (non-hydrogen) atoms. The van der Waals surface area contributed by atoms with E-state index in [1.807, 2.05) is 78.9 Å². The van der Waals surface area contributed by atoms with E-state index in [4.69, 9.17) is 18.9 Å². The summed E-state index contributed by atoms with van der Waals surface area (Å²) >= 11 is 3.15. The van der Waals surface area contributed by atoms with Gasteiger partial charge in [-0.2, -0.15) is 0 Å². The van der Waals surface area contributed by atoms with Gasteiger partial charge in [-0.25, -0.2) is 4.79 Å². The number of aliphatic hydroxyl groups excluding tert-OH is 1. The van der Waals surface area contributed by atoms with Crippen molar-refractivity contribution < 1.29 is 24.1 Å². The number of halogens is 1. The SMILES string of the molecule is COc1ccc(C(OC[C@H]2O[C@@H](n3cc(Br)c(=O)[nH]c3=O)C[C@H]2O)(c2ccccc2)c2ccc(OC)cc2)cc1. The third-order valence-corrected chi connectivity index (χ3v) is 7.64. The van der Waals surface area contributed by atoms with E-state index in [2.05, 4.69) is 20.9 Å². The van der Waals surface area contributed by atoms with Gasteiger partial charge in [0.2, 0.25) is 0 Å². The Kier molecular flexibility index (Phi) is 8.22. The number of nitrogens with zero attached hydrogens (tertiary/aromatic N) is 1. The Hall–Kier alpha value is -3.70. The van der Waals surface area contributed by atoms with E-state index in [1.165, 1.54) is 10.8 Å². The van der Waals surface area contributed by atoms with Crippen molar-refractivity contribution in [2.75, 3.05) is 20.8 Å². The summed E-state index contributed by atoms with van der Waals surface area (Å²) in [5.41, 5.74) is 0.311. The molecule has 1 aliphatic heterocycles. The summed E-state index contributed by atoms with van der Waals surface area (Å²) in [4.78, 5) is 26.5. The molecule has 0 aliphatic carbocycles. The number of ether oxygens (including phenoxy) is 4. The zero-order valence-corrected chi connectivity index (χ0v) is 23.5. The molecule has 5 rings (SSSR count). The van der Waals surface area contributed by atoms with E-state index in [-0.39, 0.29) is 17.5 Å². The molecule has 10 heteroatoms. The Labute approximate surface area is 239 Å². The van der Waals surface area contributed by atoms with E-state index in [0.717, 1.165) is 16.7 Å². The monoisotopic (exact) mass is 608 g/mol. The number of benzene rings is 3. The average Bonchev–Trinajstić information content (AvgIpc) is 3.36. The lowest BCUT2D eigenvalue weighted by Crippen LogP contribution is -2.38. The standard InChI is InChI=1S/C30H29BrN2O7/c1-37-22-12-8-20(9-13-22)30(19-6-4-3-5-7-19,21-10-14-23(38-2)15-11-21)39-18-26-25(34)16-27(40-26)33-17-24(31)28(35)32-29(33)36/h3-15,17,25-27,34H,16,18H2,1-2H3,(H,32,35,36)/t25-,26-,27-/m1/s1. The molecule has 0 unspecified atom stereocenters. The van der Waals surface area contributed by atoms with E-state index in [1.54, 1.807) is 14.2 Å². The van der Waals surface area contributed by atoms with Crippen molar-refractivity contribution >= 4 is 15.9 Å². The molecule has 1 fully saturated rings. The smallest absolute Gasteiger partial charge is 0.330 e. The van der Waals surface area contributed by atoms with Gasteiger partial charge in [-0.15, -0.1) is 0 Å². The first-order chi connectivity index (χ1) is 19.3. The Morgan fingerprint density at radius 3 is 2.02 bits per heavy atom. The molecular formula is C30H29BrN2O7. The van der Waals surface area contributed by atoms with Crippen LogP contribution >= 0.6 is 15.9 Å². The average molecular weight is 609 g/mol. The molecule has 1 aliphatic rings. The van der Waals surface area contributed by atoms with Gasteiger partial charge in [0, 0.05) is 12.6 Å². The summed E-state index contributed by atoms with van der Waals surface area (Å²) in [5.74, 6) is 1.41. The van der Waals surface area contributed by atoms with Gasteiger partial charge in [-0.1, -0.05) is 54.6 Å². The second kappa shape index (κ2) is 11.8. The number of H-pyrrole nitrogens is 1. The second-order valence-electron chi connectivity index (χ2n) is 9.39. The minimum Gasteiger partial charge on any atom is -0.497 e. The number of methoxy groups -OCH3 is 2. The lowest BCUT2D eigenvalue weighted by Gasteiger charge is -2.37. The Bertz CT molecular complexity index is 1500. The summed E-state index contributed by atoms with van der Waals surface area (Å²) in [7, 11) is 3.22. The van der Waals surface area contributed by atoms with Crippen LogP contribution in [0.25, 0.3) is 0 Å². The maximum Gasteiger partial charge on any atom is 0.330 e. The normalized spacial score (nSPS) is 18.9. The molecule has 0 saturated carbocycles. The number of nitrogens with one attached hydrogen (secondary N) is 1. The number of aliphatic hydroxyl groups is 1. The summed E-state index contributed by atoms with van der Waals surface area (Å²) in [6.45, 7) is 0.00386. The van der Waals surface area contributed by atoms with Gasteiger partial charge in [0.25, 0.3) is 5.56 Å². The van der Waals surface area contributed by atoms with Crippen molar-refractivity contribution in [2.45, 2.75) is 30.5 Å². The molecule has 1 saturated heterocycles. The van der Waals surface area contributed by atoms with Crippen LogP contribution in [0.2, 0.25) is 0 Å². The lowest BCUT2D eigenvalue weighted by molar-refractivity contribution is -0.0944. The topological polar surface area (TPSA) is 112 Å². The number of aromatic nitrogens is 2. The highest BCUT2D eigenvalue weighted by Gasteiger charge is 2.42. The predicted molar refractivity (Wildman–Crippen MR) is 152 cm³/mol. The second-order valence-corrected chi connectivity index (χ2v) is 10.2. The Morgan fingerprint density at radius 1 is 0.925 bits per heavy atom. The van der Waals surface area contributed by atoms with Crippen LogP contribution in [-0.2, 0) is 15.1 Å². The van der Waals surface area contributed by atoms with Crippen LogP contribution in [0.5, 0.6) is 11.5 Å². The van der Waals surface area contributed by atoms with Gasteiger partial charge in [0.1, 0.15) is 29.4 Å². The number of hydrogen-bond acceptors (Lipinski definition) is 7. The summed E-state index contributed by atoms with van der Waals surface area (Å²) < 4.78 is 25.2. The predicted octanol–water partition coefficient (Wildman–Crippen LogP) is 3.97. The number of hydrogen-bond donors (Lipinski definition) is 2. The zero-order valence-electron chi connectivity index (χ0n) is 22.0. The number of rotatable bonds is 9. The molecule has 0 spiro atoms. The van der Waals surface area contributed by atoms with Crippen LogP contribution in [-0.4, -0.2) is 47.7 Å². The molecular weight excluding hydrogens is 580 g/mol. The van der Waals surface area contributed by atoms with E-state index in [0.29, 0.717) is 11.5 Å². The van der Waals surface area contributed by atoms with Gasteiger partial charge in [-0.05, 0) is 56.9 Å². The highest BCUT2D eigenvalue weighted by Crippen LogP contribution is 2.42. The molecule has 208 valence electrons. The van der Waals surface area contributed by atoms with Crippen molar-refractivity contribution in [2.24, 2.45) is 0 Å². The first-order valence-electron chi connectivity index (χ1n) is 12.7. The van der Waals surface area contributed by atoms with Gasteiger partial charge in [0.05, 0.1) is 31.4 Å². The first kappa shape index (κ1) is 27.9. The molecule has 4 aromatic rings. The Morgan fingerprint density at radius 2 is 1.48 bits per heavy atom. The fraction of sp³-hybridized carbons (Fsp3) is 0.267. The minimum absolute atomic E-state index is 0.00386. The van der Waals surface area contributed by atoms with Crippen molar-refractivity contribution in [3.05, 3.63) is 127 Å². The lowest BCUT2D eigenvalue weighted by atomic mass is 9.80. The third kappa shape index (κ3) is 5.35. The minimum atomic E-state index is -1.08. The maximum atomic E-state index is 12.4. The van der Waals surface area contributed by atoms with Crippen molar-refractivity contribution in [3.8, 4) is 11.5 Å². The molecule has 9 nitrogen and oxygen atoms in total. The molecule has 3 atom stereocenters. The summed E-state index contributed by atoms with van der Waals surface area (Å²) in [5, 5.41) is 10.9. The van der Waals surface area contributed by atoms with Crippen LogP contribution in [0.1, 0.15) is 29.3 Å². The zero-order chi connectivity index (χ0) is 28.3. The van der Waals surface area contributed by atoms with E-state index in [9.17, 15) is 14.7 Å². The van der Waals surface area contributed by atoms with Gasteiger partial charge in [-0.3, -0.25) is 14.3 Å². The van der Waals surface area contributed by atoms with Crippen LogP contribution in [0.3, 0.4) is 0 Å². The van der Waals surface area contributed by atoms with Gasteiger partial charge >= 0.3 is 5.69 Å². The highest BCUT2D eigenvalue weighted by atomic mass is 79.9. The van der Waals surface area contributed by atoms with Gasteiger partial charge < -0.3 is 24.1 Å². The van der Waals surface area contributed by atoms with E-state index >= 15 is 0 Å². The first-order valence-corrected chi connectivity index (χ1v) is 13.5. The third-order valence-electron chi connectivity index (χ3n) is 7.08. The Balaban J connectivity index is 1.54. The molecule has 3 aromatic carbocycles. The molecule has 0 radical (unpaired) electrons. The molecule has 2 N–H and O–H groups in total. The number of aromatic amines is 1. The summed E-state index contributed by atoms with van der Waals surface area (Å²) in [6, 6.07) is 25.1. The van der Waals surface area contributed by atoms with E-state index < -0.39 is 35.3 Å². The molecule has 0 amide bonds. The molecule has 0 bridgehead atoms. The summed E-state index contributed by atoms with van der Waals surface area (Å²) in [6.07, 6.45) is -0.928. The fourth-order valence-corrected chi connectivity index (χ4v) is 5.31. The quantitative estimate of drug-likeness (QED) is 0.276. The van der Waals surface area contributed by atoms with Crippen LogP contribution < -0.4 is 20.7 Å². The van der Waals surface area contributed by atoms with Crippen LogP contribution in [0.15, 0.2) is 99.1 Å². The van der Waals surface area contributed by atoms with Crippen LogP contribution in [0.4, 0.5) is 0 Å². The molecule has 2 heterocycles. The fourth-order valence-electron chi connectivity index (χ4n) is 4.99. The highest BCUT2D eigenvalue weighted by molar-refractivity contribution is 9.10. The van der Waals surface area contributed by atoms with Crippen LogP contribution in [0, 0.1) is 0 Å². The maximum absolute atomic E-state index is 12.4. The largest absolute Gasteiger partial charge is 0.497 e. The molecule has 1 aromatic heterocycles.